The van der Waals surface area contributed by atoms with Gasteiger partial charge in [-0.3, -0.25) is 4.79 Å². The molecule has 0 saturated heterocycles. The molecule has 0 fully saturated rings. The lowest BCUT2D eigenvalue weighted by atomic mass is 10.2. The standard InChI is InChI=1S/C16H11Cl2F2NO3S/c17-10-5-9(6-11(18)7-10)15(23)24-8-14(22)21-12-1-3-13(4-2-12)25-16(19)20/h1-7,16H,8H2,(H,21,22). The van der Waals surface area contributed by atoms with Gasteiger partial charge in [-0.05, 0) is 42.5 Å². The maximum atomic E-state index is 12.2. The number of esters is 1. The van der Waals surface area contributed by atoms with Crippen molar-refractivity contribution in [1.82, 2.24) is 0 Å². The molecule has 0 bridgehead atoms. The zero-order valence-electron chi connectivity index (χ0n) is 12.5. The van der Waals surface area contributed by atoms with Crippen LogP contribution in [-0.2, 0) is 9.53 Å². The molecule has 0 aliphatic heterocycles. The highest BCUT2D eigenvalue weighted by Crippen LogP contribution is 2.26. The molecule has 1 amide bonds. The molecule has 2 aromatic rings. The third kappa shape index (κ3) is 6.53. The SMILES string of the molecule is O=C(COC(=O)c1cc(Cl)cc(Cl)c1)Nc1ccc(SC(F)F)cc1. The molecule has 1 N–H and O–H groups in total. The van der Waals surface area contributed by atoms with Crippen molar-refractivity contribution in [1.29, 1.82) is 0 Å². The predicted molar refractivity (Wildman–Crippen MR) is 93.7 cm³/mol. The summed E-state index contributed by atoms with van der Waals surface area (Å²) in [6, 6.07) is 10.0. The van der Waals surface area contributed by atoms with E-state index in [4.69, 9.17) is 27.9 Å². The number of carbonyl (C=O) groups excluding carboxylic acids is 2. The Morgan fingerprint density at radius 1 is 1.08 bits per heavy atom. The Morgan fingerprint density at radius 2 is 1.68 bits per heavy atom. The van der Waals surface area contributed by atoms with Gasteiger partial charge in [0.1, 0.15) is 0 Å². The highest BCUT2D eigenvalue weighted by molar-refractivity contribution is 7.99. The molecule has 25 heavy (non-hydrogen) atoms. The number of thioether (sulfide) groups is 1. The van der Waals surface area contributed by atoms with E-state index >= 15 is 0 Å². The van der Waals surface area contributed by atoms with Gasteiger partial charge in [0, 0.05) is 20.6 Å². The molecule has 0 aromatic heterocycles. The molecule has 2 aromatic carbocycles. The summed E-state index contributed by atoms with van der Waals surface area (Å²) in [5.74, 6) is -3.83. The highest BCUT2D eigenvalue weighted by atomic mass is 35.5. The molecule has 0 aliphatic carbocycles. The van der Waals surface area contributed by atoms with E-state index in [1.54, 1.807) is 0 Å². The van der Waals surface area contributed by atoms with Gasteiger partial charge >= 0.3 is 5.97 Å². The lowest BCUT2D eigenvalue weighted by Crippen LogP contribution is -2.20. The van der Waals surface area contributed by atoms with Gasteiger partial charge in [0.15, 0.2) is 6.61 Å². The van der Waals surface area contributed by atoms with Crippen LogP contribution in [0.1, 0.15) is 10.4 Å². The van der Waals surface area contributed by atoms with Crippen LogP contribution in [-0.4, -0.2) is 24.2 Å². The summed E-state index contributed by atoms with van der Waals surface area (Å²) < 4.78 is 29.3. The number of ether oxygens (including phenoxy) is 1. The topological polar surface area (TPSA) is 55.4 Å². The second-order valence-corrected chi connectivity index (χ2v) is 6.62. The molecule has 0 atom stereocenters. The van der Waals surface area contributed by atoms with Crippen LogP contribution in [0.2, 0.25) is 10.0 Å². The fourth-order valence-electron chi connectivity index (χ4n) is 1.80. The Bertz CT molecular complexity index is 752. The number of hydrogen-bond donors (Lipinski definition) is 1. The van der Waals surface area contributed by atoms with Gasteiger partial charge in [0.25, 0.3) is 11.7 Å². The van der Waals surface area contributed by atoms with Crippen LogP contribution in [0.15, 0.2) is 47.4 Å². The second kappa shape index (κ2) is 9.03. The number of carbonyl (C=O) groups is 2. The number of nitrogens with one attached hydrogen (secondary N) is 1. The molecular weight excluding hydrogens is 395 g/mol. The van der Waals surface area contributed by atoms with Gasteiger partial charge in [0.2, 0.25) is 0 Å². The van der Waals surface area contributed by atoms with Crippen molar-refractivity contribution in [3.05, 3.63) is 58.1 Å². The molecule has 2 rings (SSSR count). The first kappa shape index (κ1) is 19.5. The fourth-order valence-corrected chi connectivity index (χ4v) is 2.83. The van der Waals surface area contributed by atoms with Crippen molar-refractivity contribution in [3.8, 4) is 0 Å². The van der Waals surface area contributed by atoms with Gasteiger partial charge in [-0.25, -0.2) is 4.79 Å². The second-order valence-electron chi connectivity index (χ2n) is 4.69. The van der Waals surface area contributed by atoms with Gasteiger partial charge in [-0.1, -0.05) is 35.0 Å². The zero-order chi connectivity index (χ0) is 18.4. The van der Waals surface area contributed by atoms with Crippen LogP contribution in [0.5, 0.6) is 0 Å². The van der Waals surface area contributed by atoms with E-state index in [2.05, 4.69) is 5.32 Å². The summed E-state index contributed by atoms with van der Waals surface area (Å²) in [7, 11) is 0. The van der Waals surface area contributed by atoms with E-state index in [-0.39, 0.29) is 15.6 Å². The zero-order valence-corrected chi connectivity index (χ0v) is 14.8. The van der Waals surface area contributed by atoms with Crippen molar-refractivity contribution in [2.75, 3.05) is 11.9 Å². The van der Waals surface area contributed by atoms with E-state index in [1.807, 2.05) is 0 Å². The minimum absolute atomic E-state index is 0.124. The largest absolute Gasteiger partial charge is 0.452 e. The molecule has 0 radical (unpaired) electrons. The molecule has 4 nitrogen and oxygen atoms in total. The van der Waals surface area contributed by atoms with Crippen LogP contribution in [0.25, 0.3) is 0 Å². The van der Waals surface area contributed by atoms with E-state index < -0.39 is 24.2 Å². The molecule has 132 valence electrons. The maximum absolute atomic E-state index is 12.2. The summed E-state index contributed by atoms with van der Waals surface area (Å²) in [6.07, 6.45) is 0. The smallest absolute Gasteiger partial charge is 0.338 e. The molecule has 9 heteroatoms. The Balaban J connectivity index is 1.86. The highest BCUT2D eigenvalue weighted by Gasteiger charge is 2.12. The van der Waals surface area contributed by atoms with E-state index in [1.165, 1.54) is 42.5 Å². The predicted octanol–water partition coefficient (Wildman–Crippen LogP) is 5.10. The quantitative estimate of drug-likeness (QED) is 0.536. The maximum Gasteiger partial charge on any atom is 0.338 e. The van der Waals surface area contributed by atoms with Gasteiger partial charge in [0.05, 0.1) is 5.56 Å². The van der Waals surface area contributed by atoms with Gasteiger partial charge in [-0.15, -0.1) is 0 Å². The van der Waals surface area contributed by atoms with Crippen LogP contribution >= 0.6 is 35.0 Å². The third-order valence-corrected chi connectivity index (χ3v) is 3.95. The van der Waals surface area contributed by atoms with Crippen molar-refractivity contribution < 1.29 is 23.1 Å². The first-order valence-electron chi connectivity index (χ1n) is 6.81. The first-order valence-corrected chi connectivity index (χ1v) is 8.45. The number of rotatable bonds is 6. The van der Waals surface area contributed by atoms with Crippen molar-refractivity contribution in [3.63, 3.8) is 0 Å². The van der Waals surface area contributed by atoms with E-state index in [0.717, 1.165) is 0 Å². The first-order chi connectivity index (χ1) is 11.8. The normalized spacial score (nSPS) is 10.6. The van der Waals surface area contributed by atoms with E-state index in [9.17, 15) is 18.4 Å². The molecule has 0 unspecified atom stereocenters. The van der Waals surface area contributed by atoms with Crippen LogP contribution in [0.4, 0.5) is 14.5 Å². The molecular formula is C16H11Cl2F2NO3S. The molecule has 0 spiro atoms. The Labute approximate surface area is 156 Å². The summed E-state index contributed by atoms with van der Waals surface area (Å²) in [4.78, 5) is 24.0. The lowest BCUT2D eigenvalue weighted by molar-refractivity contribution is -0.119. The molecule has 0 heterocycles. The summed E-state index contributed by atoms with van der Waals surface area (Å²) in [5, 5.41) is 3.03. The average Bonchev–Trinajstić information content (AvgIpc) is 2.53. The van der Waals surface area contributed by atoms with Crippen LogP contribution in [0, 0.1) is 0 Å². The number of amides is 1. The Morgan fingerprint density at radius 3 is 2.24 bits per heavy atom. The lowest BCUT2D eigenvalue weighted by Gasteiger charge is -2.08. The number of hydrogen-bond acceptors (Lipinski definition) is 4. The Kier molecular flexibility index (Phi) is 7.04. The number of benzene rings is 2. The van der Waals surface area contributed by atoms with Gasteiger partial charge < -0.3 is 10.1 Å². The summed E-state index contributed by atoms with van der Waals surface area (Å²) >= 11 is 12.0. The van der Waals surface area contributed by atoms with Crippen molar-refractivity contribution >= 4 is 52.5 Å². The monoisotopic (exact) mass is 405 g/mol. The van der Waals surface area contributed by atoms with Crippen molar-refractivity contribution in [2.24, 2.45) is 0 Å². The van der Waals surface area contributed by atoms with Crippen LogP contribution in [0.3, 0.4) is 0 Å². The summed E-state index contributed by atoms with van der Waals surface area (Å²) in [5.41, 5.74) is 0.518. The summed E-state index contributed by atoms with van der Waals surface area (Å²) in [6.45, 7) is -0.517. The Hall–Kier alpha value is -1.83. The minimum Gasteiger partial charge on any atom is -0.452 e. The fraction of sp³-hybridized carbons (Fsp3) is 0.125. The van der Waals surface area contributed by atoms with Crippen LogP contribution < -0.4 is 5.32 Å². The van der Waals surface area contributed by atoms with Crippen molar-refractivity contribution in [2.45, 2.75) is 10.7 Å². The number of anilines is 1. The molecule has 0 aliphatic rings. The third-order valence-electron chi connectivity index (χ3n) is 2.80. The number of alkyl halides is 2. The minimum atomic E-state index is -2.51. The average molecular weight is 406 g/mol. The van der Waals surface area contributed by atoms with Gasteiger partial charge in [-0.2, -0.15) is 8.78 Å². The number of halogens is 4. The van der Waals surface area contributed by atoms with E-state index in [0.29, 0.717) is 22.3 Å². The molecule has 0 saturated carbocycles.